The van der Waals surface area contributed by atoms with E-state index >= 15 is 0 Å². The van der Waals surface area contributed by atoms with Crippen LogP contribution in [0.5, 0.6) is 23.0 Å². The second-order valence-corrected chi connectivity index (χ2v) is 10.7. The Hall–Kier alpha value is -3.04. The van der Waals surface area contributed by atoms with Crippen LogP contribution in [0.15, 0.2) is 30.0 Å². The largest absolute Gasteiger partial charge is 0.493 e. The quantitative estimate of drug-likeness (QED) is 0.629. The molecular weight excluding hydrogens is 446 g/mol. The fourth-order valence-corrected chi connectivity index (χ4v) is 6.49. The van der Waals surface area contributed by atoms with E-state index in [-0.39, 0.29) is 29.1 Å². The number of methoxy groups -OCH3 is 2. The van der Waals surface area contributed by atoms with E-state index in [1.807, 2.05) is 24.0 Å². The third-order valence-corrected chi connectivity index (χ3v) is 8.16. The zero-order valence-corrected chi connectivity index (χ0v) is 19.5. The van der Waals surface area contributed by atoms with Gasteiger partial charge >= 0.3 is 0 Å². The van der Waals surface area contributed by atoms with Gasteiger partial charge in [-0.25, -0.2) is 8.42 Å². The molecule has 9 heteroatoms. The second-order valence-electron chi connectivity index (χ2n) is 8.47. The molecule has 2 aromatic carbocycles. The molecule has 0 radical (unpaired) electrons. The molecule has 1 fully saturated rings. The summed E-state index contributed by atoms with van der Waals surface area (Å²) in [6.45, 7) is 2.71. The van der Waals surface area contributed by atoms with Gasteiger partial charge < -0.3 is 18.9 Å². The van der Waals surface area contributed by atoms with E-state index in [0.717, 1.165) is 11.1 Å². The second kappa shape index (κ2) is 8.07. The highest BCUT2D eigenvalue weighted by Gasteiger charge is 2.37. The molecule has 0 bridgehead atoms. The lowest BCUT2D eigenvalue weighted by Crippen LogP contribution is -2.41. The van der Waals surface area contributed by atoms with Crippen LogP contribution in [0.25, 0.3) is 6.08 Å². The van der Waals surface area contributed by atoms with Crippen molar-refractivity contribution in [1.29, 1.82) is 0 Å². The van der Waals surface area contributed by atoms with Crippen LogP contribution in [0, 0.1) is 6.92 Å². The van der Waals surface area contributed by atoms with Gasteiger partial charge in [0.05, 0.1) is 31.3 Å². The van der Waals surface area contributed by atoms with Gasteiger partial charge in [-0.2, -0.15) is 0 Å². The summed E-state index contributed by atoms with van der Waals surface area (Å²) >= 11 is 0. The van der Waals surface area contributed by atoms with Crippen molar-refractivity contribution in [1.82, 2.24) is 4.90 Å². The molecule has 33 heavy (non-hydrogen) atoms. The lowest BCUT2D eigenvalue weighted by atomic mass is 9.99. The van der Waals surface area contributed by atoms with Crippen LogP contribution < -0.4 is 18.9 Å². The Morgan fingerprint density at radius 2 is 2.00 bits per heavy atom. The first-order valence-corrected chi connectivity index (χ1v) is 12.5. The van der Waals surface area contributed by atoms with E-state index in [1.165, 1.54) is 0 Å². The number of ether oxygens (including phenoxy) is 4. The first-order valence-electron chi connectivity index (χ1n) is 10.7. The van der Waals surface area contributed by atoms with Crippen molar-refractivity contribution in [2.24, 2.45) is 0 Å². The van der Waals surface area contributed by atoms with Gasteiger partial charge in [0.1, 0.15) is 18.2 Å². The molecule has 0 aliphatic carbocycles. The number of rotatable bonds is 4. The monoisotopic (exact) mass is 471 g/mol. The van der Waals surface area contributed by atoms with Crippen LogP contribution in [-0.4, -0.2) is 57.6 Å². The first kappa shape index (κ1) is 21.8. The SMILES string of the molecule is COc1cccc(C=C2Oc3c(cc4c(c3C)OCN([C@@H]3CCS(=O)(=O)C3)C4)C2=O)c1OC. The van der Waals surface area contributed by atoms with Crippen LogP contribution in [-0.2, 0) is 16.4 Å². The summed E-state index contributed by atoms with van der Waals surface area (Å²) in [6.07, 6.45) is 2.25. The van der Waals surface area contributed by atoms with Gasteiger partial charge in [0.2, 0.25) is 5.78 Å². The van der Waals surface area contributed by atoms with E-state index in [9.17, 15) is 13.2 Å². The lowest BCUT2D eigenvalue weighted by Gasteiger charge is -2.33. The summed E-state index contributed by atoms with van der Waals surface area (Å²) < 4.78 is 46.6. The maximum absolute atomic E-state index is 13.2. The molecule has 174 valence electrons. The molecule has 3 heterocycles. The minimum atomic E-state index is -2.99. The summed E-state index contributed by atoms with van der Waals surface area (Å²) in [5, 5.41) is 0. The topological polar surface area (TPSA) is 91.4 Å². The first-order chi connectivity index (χ1) is 15.8. The number of hydrogen-bond donors (Lipinski definition) is 0. The van der Waals surface area contributed by atoms with E-state index in [4.69, 9.17) is 18.9 Å². The number of sulfone groups is 1. The molecular formula is C24H25NO7S. The molecule has 1 saturated heterocycles. The van der Waals surface area contributed by atoms with Gasteiger partial charge in [-0.3, -0.25) is 9.69 Å². The summed E-state index contributed by atoms with van der Waals surface area (Å²) in [5.74, 6) is 2.58. The predicted molar refractivity (Wildman–Crippen MR) is 122 cm³/mol. The Morgan fingerprint density at radius 1 is 1.18 bits per heavy atom. The molecule has 0 aromatic heterocycles. The van der Waals surface area contributed by atoms with E-state index in [0.29, 0.717) is 53.8 Å². The number of hydrogen-bond acceptors (Lipinski definition) is 8. The number of carbonyl (C=O) groups excluding carboxylic acids is 1. The van der Waals surface area contributed by atoms with Gasteiger partial charge in [0, 0.05) is 29.3 Å². The van der Waals surface area contributed by atoms with Crippen LogP contribution in [0.1, 0.15) is 33.5 Å². The van der Waals surface area contributed by atoms with Gasteiger partial charge in [-0.15, -0.1) is 0 Å². The molecule has 0 spiro atoms. The van der Waals surface area contributed by atoms with Crippen LogP contribution in [0.3, 0.4) is 0 Å². The highest BCUT2D eigenvalue weighted by molar-refractivity contribution is 7.91. The number of allylic oxidation sites excluding steroid dienone is 1. The van der Waals surface area contributed by atoms with Gasteiger partial charge in [-0.1, -0.05) is 12.1 Å². The zero-order valence-electron chi connectivity index (χ0n) is 18.7. The van der Waals surface area contributed by atoms with Gasteiger partial charge in [0.15, 0.2) is 27.1 Å². The number of para-hydroxylation sites is 1. The summed E-state index contributed by atoms with van der Waals surface area (Å²) in [7, 11) is 0.105. The molecule has 0 saturated carbocycles. The van der Waals surface area contributed by atoms with Crippen LogP contribution in [0.2, 0.25) is 0 Å². The van der Waals surface area contributed by atoms with Crippen molar-refractivity contribution in [3.63, 3.8) is 0 Å². The minimum Gasteiger partial charge on any atom is -0.493 e. The van der Waals surface area contributed by atoms with Crippen LogP contribution >= 0.6 is 0 Å². The number of fused-ring (bicyclic) bond motifs is 2. The standard InChI is InChI=1S/C24H25NO7S/c1-14-22-16(11-25(13-31-22)17-7-8-33(27,28)12-17)9-18-21(26)20(32-23(14)18)10-15-5-4-6-19(29-2)24(15)30-3/h4-6,9-10,17H,7-8,11-13H2,1-3H3/t17-/m1/s1. The number of carbonyl (C=O) groups is 1. The lowest BCUT2D eigenvalue weighted by molar-refractivity contribution is 0.0637. The fourth-order valence-electron chi connectivity index (χ4n) is 4.73. The molecule has 2 aromatic rings. The van der Waals surface area contributed by atoms with Crippen molar-refractivity contribution in [2.75, 3.05) is 32.5 Å². The molecule has 3 aliphatic heterocycles. The van der Waals surface area contributed by atoms with Crippen molar-refractivity contribution in [3.8, 4) is 23.0 Å². The maximum atomic E-state index is 13.2. The van der Waals surface area contributed by atoms with E-state index < -0.39 is 9.84 Å². The molecule has 0 amide bonds. The molecule has 1 atom stereocenters. The fraction of sp³-hybridized carbons (Fsp3) is 0.375. The Bertz CT molecular complexity index is 1280. The molecule has 5 rings (SSSR count). The average molecular weight is 472 g/mol. The normalized spacial score (nSPS) is 22.5. The Kier molecular flexibility index (Phi) is 5.33. The van der Waals surface area contributed by atoms with Gasteiger partial charge in [-0.05, 0) is 31.6 Å². The van der Waals surface area contributed by atoms with E-state index in [1.54, 1.807) is 32.4 Å². The van der Waals surface area contributed by atoms with Crippen molar-refractivity contribution >= 4 is 21.7 Å². The number of ketones is 1. The third-order valence-electron chi connectivity index (χ3n) is 6.41. The number of Topliss-reactive ketones (excluding diaryl/α,β-unsaturated/α-hetero) is 1. The smallest absolute Gasteiger partial charge is 0.231 e. The van der Waals surface area contributed by atoms with Crippen molar-refractivity contribution in [3.05, 3.63) is 52.3 Å². The molecule has 0 unspecified atom stereocenters. The summed E-state index contributed by atoms with van der Waals surface area (Å²) in [5.41, 5.74) is 2.76. The average Bonchev–Trinajstić information content (AvgIpc) is 3.33. The Balaban J connectivity index is 1.46. The summed E-state index contributed by atoms with van der Waals surface area (Å²) in [4.78, 5) is 15.2. The van der Waals surface area contributed by atoms with Gasteiger partial charge in [0.25, 0.3) is 0 Å². The van der Waals surface area contributed by atoms with Crippen molar-refractivity contribution < 1.29 is 32.2 Å². The molecule has 3 aliphatic rings. The highest BCUT2D eigenvalue weighted by Crippen LogP contribution is 2.44. The Morgan fingerprint density at radius 3 is 2.70 bits per heavy atom. The molecule has 0 N–H and O–H groups in total. The predicted octanol–water partition coefficient (Wildman–Crippen LogP) is 2.97. The zero-order chi connectivity index (χ0) is 23.3. The van der Waals surface area contributed by atoms with Crippen LogP contribution in [0.4, 0.5) is 0 Å². The van der Waals surface area contributed by atoms with Crippen molar-refractivity contribution in [2.45, 2.75) is 25.9 Å². The number of benzene rings is 2. The summed E-state index contributed by atoms with van der Waals surface area (Å²) in [6, 6.07) is 7.15. The molecule has 8 nitrogen and oxygen atoms in total. The Labute approximate surface area is 192 Å². The minimum absolute atomic E-state index is 0.0698. The third kappa shape index (κ3) is 3.75. The van der Waals surface area contributed by atoms with E-state index in [2.05, 4.69) is 0 Å². The number of nitrogens with zero attached hydrogens (tertiary/aromatic N) is 1. The maximum Gasteiger partial charge on any atom is 0.231 e. The highest BCUT2D eigenvalue weighted by atomic mass is 32.2.